The lowest BCUT2D eigenvalue weighted by molar-refractivity contribution is 0.265. The van der Waals surface area contributed by atoms with Crippen LogP contribution in [0.3, 0.4) is 0 Å². The average Bonchev–Trinajstić information content (AvgIpc) is 2.29. The van der Waals surface area contributed by atoms with E-state index < -0.39 is 0 Å². The van der Waals surface area contributed by atoms with Gasteiger partial charge in [0.25, 0.3) is 0 Å². The summed E-state index contributed by atoms with van der Waals surface area (Å²) in [5.74, 6) is 5.42. The van der Waals surface area contributed by atoms with Crippen LogP contribution < -0.4 is 5.73 Å². The number of benzene rings is 1. The number of rotatable bonds is 3. The third kappa shape index (κ3) is 4.18. The molecule has 92 valence electrons. The van der Waals surface area contributed by atoms with Gasteiger partial charge in [0.15, 0.2) is 0 Å². The molecule has 0 radical (unpaired) electrons. The number of hydrogen-bond donors (Lipinski definition) is 1. The molecule has 0 atom stereocenters. The van der Waals surface area contributed by atoms with E-state index in [9.17, 15) is 4.39 Å². The first-order chi connectivity index (χ1) is 8.04. The van der Waals surface area contributed by atoms with Gasteiger partial charge in [-0.1, -0.05) is 17.9 Å². The number of nitrogens with zero attached hydrogens (tertiary/aromatic N) is 1. The van der Waals surface area contributed by atoms with E-state index in [0.717, 1.165) is 17.7 Å². The monoisotopic (exact) mass is 234 g/mol. The Balaban J connectivity index is 2.98. The Kier molecular flexibility index (Phi) is 5.14. The lowest BCUT2D eigenvalue weighted by Crippen LogP contribution is -2.26. The Bertz CT molecular complexity index is 430. The highest BCUT2D eigenvalue weighted by Gasteiger charge is 2.08. The van der Waals surface area contributed by atoms with E-state index in [4.69, 9.17) is 5.73 Å². The van der Waals surface area contributed by atoms with Crippen molar-refractivity contribution in [2.45, 2.75) is 26.4 Å². The number of nitrogens with two attached hydrogens (primary N) is 1. The summed E-state index contributed by atoms with van der Waals surface area (Å²) >= 11 is 0. The smallest absolute Gasteiger partial charge is 0.124 e. The third-order valence-electron chi connectivity index (χ3n) is 2.70. The molecule has 0 aliphatic rings. The Morgan fingerprint density at radius 1 is 1.41 bits per heavy atom. The summed E-state index contributed by atoms with van der Waals surface area (Å²) < 4.78 is 13.2. The van der Waals surface area contributed by atoms with E-state index in [2.05, 4.69) is 30.6 Å². The first kappa shape index (κ1) is 13.7. The number of halogens is 1. The molecule has 0 aliphatic heterocycles. The van der Waals surface area contributed by atoms with Gasteiger partial charge in [-0.05, 0) is 38.6 Å². The van der Waals surface area contributed by atoms with Gasteiger partial charge in [0.2, 0.25) is 0 Å². The minimum atomic E-state index is -0.262. The van der Waals surface area contributed by atoms with Crippen LogP contribution in [0.15, 0.2) is 18.2 Å². The van der Waals surface area contributed by atoms with E-state index in [-0.39, 0.29) is 12.4 Å². The van der Waals surface area contributed by atoms with Crippen LogP contribution in [0.5, 0.6) is 0 Å². The van der Waals surface area contributed by atoms with Gasteiger partial charge in [0.1, 0.15) is 5.82 Å². The maximum atomic E-state index is 13.2. The summed E-state index contributed by atoms with van der Waals surface area (Å²) in [6, 6.07) is 5.16. The predicted octanol–water partition coefficient (Wildman–Crippen LogP) is 1.98. The predicted molar refractivity (Wildman–Crippen MR) is 68.9 cm³/mol. The topological polar surface area (TPSA) is 29.3 Å². The van der Waals surface area contributed by atoms with Crippen molar-refractivity contribution in [1.82, 2.24) is 4.90 Å². The zero-order chi connectivity index (χ0) is 12.8. The highest BCUT2D eigenvalue weighted by atomic mass is 19.1. The van der Waals surface area contributed by atoms with Crippen molar-refractivity contribution in [3.8, 4) is 11.8 Å². The lowest BCUT2D eigenvalue weighted by atomic mass is 10.1. The van der Waals surface area contributed by atoms with Gasteiger partial charge in [0, 0.05) is 18.2 Å². The molecule has 0 heterocycles. The van der Waals surface area contributed by atoms with Gasteiger partial charge in [-0.25, -0.2) is 4.39 Å². The molecular weight excluding hydrogens is 215 g/mol. The first-order valence-corrected chi connectivity index (χ1v) is 5.72. The Morgan fingerprint density at radius 3 is 2.71 bits per heavy atom. The fourth-order valence-corrected chi connectivity index (χ4v) is 1.40. The molecule has 0 spiro atoms. The minimum absolute atomic E-state index is 0.262. The highest BCUT2D eigenvalue weighted by molar-refractivity contribution is 5.41. The minimum Gasteiger partial charge on any atom is -0.320 e. The summed E-state index contributed by atoms with van der Waals surface area (Å²) in [7, 11) is 2.04. The van der Waals surface area contributed by atoms with Crippen molar-refractivity contribution >= 4 is 0 Å². The van der Waals surface area contributed by atoms with Crippen LogP contribution in [0.2, 0.25) is 0 Å². The van der Waals surface area contributed by atoms with Gasteiger partial charge in [0.05, 0.1) is 6.54 Å². The molecule has 17 heavy (non-hydrogen) atoms. The van der Waals surface area contributed by atoms with Crippen molar-refractivity contribution in [2.75, 3.05) is 13.6 Å². The fraction of sp³-hybridized carbons (Fsp3) is 0.429. The Morgan fingerprint density at radius 2 is 2.12 bits per heavy atom. The molecule has 1 rings (SSSR count). The summed E-state index contributed by atoms with van der Waals surface area (Å²) in [6.07, 6.45) is 0. The molecule has 1 aromatic carbocycles. The number of hydrogen-bond acceptors (Lipinski definition) is 2. The molecule has 0 amide bonds. The van der Waals surface area contributed by atoms with Gasteiger partial charge < -0.3 is 5.73 Å². The van der Waals surface area contributed by atoms with Crippen molar-refractivity contribution in [1.29, 1.82) is 0 Å². The standard InChI is InChI=1S/C14H19FN2/c1-11(2)17(3)10-13-6-7-14(15)9-12(13)5-4-8-16/h6-7,9,11H,8,10,16H2,1-3H3. The van der Waals surface area contributed by atoms with Crippen LogP contribution in [0.4, 0.5) is 4.39 Å². The molecule has 0 bridgehead atoms. The largest absolute Gasteiger partial charge is 0.320 e. The molecule has 0 fully saturated rings. The molecule has 2 N–H and O–H groups in total. The molecule has 0 unspecified atom stereocenters. The molecule has 0 saturated carbocycles. The summed E-state index contributed by atoms with van der Waals surface area (Å²) in [6.45, 7) is 5.28. The normalized spacial score (nSPS) is 10.5. The van der Waals surface area contributed by atoms with Crippen molar-refractivity contribution in [3.05, 3.63) is 35.1 Å². The van der Waals surface area contributed by atoms with E-state index >= 15 is 0 Å². The van der Waals surface area contributed by atoms with E-state index in [1.807, 2.05) is 7.05 Å². The third-order valence-corrected chi connectivity index (χ3v) is 2.70. The van der Waals surface area contributed by atoms with Crippen LogP contribution in [-0.4, -0.2) is 24.5 Å². The molecular formula is C14H19FN2. The van der Waals surface area contributed by atoms with Crippen LogP contribution in [-0.2, 0) is 6.54 Å². The zero-order valence-corrected chi connectivity index (χ0v) is 10.6. The summed E-state index contributed by atoms with van der Waals surface area (Å²) in [5.41, 5.74) is 7.09. The summed E-state index contributed by atoms with van der Waals surface area (Å²) in [5, 5.41) is 0. The molecule has 2 nitrogen and oxygen atoms in total. The Labute approximate surface area is 103 Å². The van der Waals surface area contributed by atoms with Crippen molar-refractivity contribution in [2.24, 2.45) is 5.73 Å². The second-order valence-electron chi connectivity index (χ2n) is 4.32. The van der Waals surface area contributed by atoms with Gasteiger partial charge >= 0.3 is 0 Å². The molecule has 0 aliphatic carbocycles. The van der Waals surface area contributed by atoms with Gasteiger partial charge in [-0.15, -0.1) is 0 Å². The van der Waals surface area contributed by atoms with Crippen LogP contribution in [0.1, 0.15) is 25.0 Å². The fourth-order valence-electron chi connectivity index (χ4n) is 1.40. The van der Waals surface area contributed by atoms with Gasteiger partial charge in [-0.2, -0.15) is 0 Å². The molecule has 0 saturated heterocycles. The van der Waals surface area contributed by atoms with E-state index in [1.54, 1.807) is 6.07 Å². The van der Waals surface area contributed by atoms with E-state index in [1.165, 1.54) is 12.1 Å². The molecule has 3 heteroatoms. The van der Waals surface area contributed by atoms with Crippen LogP contribution >= 0.6 is 0 Å². The second kappa shape index (κ2) is 6.39. The van der Waals surface area contributed by atoms with Crippen molar-refractivity contribution < 1.29 is 4.39 Å². The summed E-state index contributed by atoms with van der Waals surface area (Å²) in [4.78, 5) is 2.18. The average molecular weight is 234 g/mol. The zero-order valence-electron chi connectivity index (χ0n) is 10.6. The Hall–Kier alpha value is -1.37. The maximum absolute atomic E-state index is 13.2. The second-order valence-corrected chi connectivity index (χ2v) is 4.32. The first-order valence-electron chi connectivity index (χ1n) is 5.72. The molecule has 1 aromatic rings. The van der Waals surface area contributed by atoms with Gasteiger partial charge in [-0.3, -0.25) is 4.90 Å². The van der Waals surface area contributed by atoms with Crippen LogP contribution in [0, 0.1) is 17.7 Å². The lowest BCUT2D eigenvalue weighted by Gasteiger charge is -2.21. The van der Waals surface area contributed by atoms with Crippen LogP contribution in [0.25, 0.3) is 0 Å². The van der Waals surface area contributed by atoms with E-state index in [0.29, 0.717) is 6.04 Å². The van der Waals surface area contributed by atoms with Crippen molar-refractivity contribution in [3.63, 3.8) is 0 Å². The quantitative estimate of drug-likeness (QED) is 0.810. The maximum Gasteiger partial charge on any atom is 0.124 e. The highest BCUT2D eigenvalue weighted by Crippen LogP contribution is 2.13. The SMILES string of the molecule is CC(C)N(C)Cc1ccc(F)cc1C#CCN. The molecule has 0 aromatic heterocycles.